The van der Waals surface area contributed by atoms with Gasteiger partial charge in [-0.05, 0) is 18.9 Å². The Bertz CT molecular complexity index is 915. The number of esters is 1. The highest BCUT2D eigenvalue weighted by molar-refractivity contribution is 5.86. The number of methoxy groups -OCH3 is 1. The fourth-order valence-electron chi connectivity index (χ4n) is 3.72. The first-order chi connectivity index (χ1) is 13.6. The number of fused-ring (bicyclic) bond motifs is 1. The van der Waals surface area contributed by atoms with Gasteiger partial charge in [-0.1, -0.05) is 0 Å². The van der Waals surface area contributed by atoms with Crippen molar-refractivity contribution in [3.63, 3.8) is 0 Å². The largest absolute Gasteiger partial charge is 0.467 e. The summed E-state index contributed by atoms with van der Waals surface area (Å²) in [5.41, 5.74) is 0.970. The number of rotatable bonds is 4. The SMILES string of the molecule is COC(=O)C1CCCN1c1nc2ccc([N+](=O)[O-])cc2nc1N1CCOCC1. The van der Waals surface area contributed by atoms with E-state index in [-0.39, 0.29) is 11.7 Å². The molecular formula is C18H21N5O5. The first-order valence-corrected chi connectivity index (χ1v) is 9.22. The van der Waals surface area contributed by atoms with Gasteiger partial charge in [0, 0.05) is 31.8 Å². The Morgan fingerprint density at radius 2 is 1.96 bits per heavy atom. The van der Waals surface area contributed by atoms with Crippen molar-refractivity contribution < 1.29 is 19.2 Å². The molecule has 0 saturated carbocycles. The molecule has 0 spiro atoms. The van der Waals surface area contributed by atoms with Gasteiger partial charge in [0.25, 0.3) is 5.69 Å². The number of ether oxygens (including phenoxy) is 2. The molecule has 2 fully saturated rings. The number of benzene rings is 1. The minimum absolute atomic E-state index is 0.0314. The Balaban J connectivity index is 1.84. The summed E-state index contributed by atoms with van der Waals surface area (Å²) < 4.78 is 10.4. The lowest BCUT2D eigenvalue weighted by Gasteiger charge is -2.32. The van der Waals surface area contributed by atoms with Crippen molar-refractivity contribution in [2.75, 3.05) is 49.8 Å². The van der Waals surface area contributed by atoms with Crippen LogP contribution in [0.15, 0.2) is 18.2 Å². The van der Waals surface area contributed by atoms with E-state index in [1.165, 1.54) is 19.2 Å². The monoisotopic (exact) mass is 387 g/mol. The summed E-state index contributed by atoms with van der Waals surface area (Å²) >= 11 is 0. The summed E-state index contributed by atoms with van der Waals surface area (Å²) in [5.74, 6) is 0.930. The third-order valence-corrected chi connectivity index (χ3v) is 5.13. The number of morpholine rings is 1. The minimum atomic E-state index is -0.447. The van der Waals surface area contributed by atoms with Crippen molar-refractivity contribution in [3.8, 4) is 0 Å². The van der Waals surface area contributed by atoms with E-state index < -0.39 is 11.0 Å². The van der Waals surface area contributed by atoms with E-state index in [1.54, 1.807) is 6.07 Å². The summed E-state index contributed by atoms with van der Waals surface area (Å²) in [4.78, 5) is 36.4. The number of carbonyl (C=O) groups is 1. The lowest BCUT2D eigenvalue weighted by atomic mass is 10.2. The molecule has 3 heterocycles. The zero-order valence-electron chi connectivity index (χ0n) is 15.5. The molecule has 0 radical (unpaired) electrons. The summed E-state index contributed by atoms with van der Waals surface area (Å²) in [6.07, 6.45) is 1.54. The normalized spacial score (nSPS) is 19.8. The smallest absolute Gasteiger partial charge is 0.328 e. The predicted molar refractivity (Wildman–Crippen MR) is 102 cm³/mol. The molecule has 1 aromatic heterocycles. The molecule has 148 valence electrons. The number of hydrogen-bond donors (Lipinski definition) is 0. The molecule has 2 aliphatic rings. The number of nitrogens with zero attached hydrogens (tertiary/aromatic N) is 5. The van der Waals surface area contributed by atoms with Crippen LogP contribution in [-0.2, 0) is 14.3 Å². The molecule has 1 aromatic carbocycles. The van der Waals surface area contributed by atoms with Gasteiger partial charge in [0.05, 0.1) is 36.3 Å². The number of nitro benzene ring substituents is 1. The lowest BCUT2D eigenvalue weighted by Crippen LogP contribution is -2.41. The first-order valence-electron chi connectivity index (χ1n) is 9.22. The maximum atomic E-state index is 12.2. The van der Waals surface area contributed by atoms with Crippen molar-refractivity contribution >= 4 is 34.3 Å². The van der Waals surface area contributed by atoms with E-state index in [1.807, 2.05) is 4.90 Å². The van der Waals surface area contributed by atoms with Crippen LogP contribution in [-0.4, -0.2) is 66.9 Å². The molecule has 2 aromatic rings. The van der Waals surface area contributed by atoms with Crippen LogP contribution in [0.1, 0.15) is 12.8 Å². The number of hydrogen-bond acceptors (Lipinski definition) is 9. The van der Waals surface area contributed by atoms with Crippen LogP contribution in [0.4, 0.5) is 17.3 Å². The number of nitro groups is 1. The van der Waals surface area contributed by atoms with Gasteiger partial charge < -0.3 is 19.3 Å². The second kappa shape index (κ2) is 7.55. The van der Waals surface area contributed by atoms with E-state index in [0.717, 1.165) is 6.42 Å². The van der Waals surface area contributed by atoms with Gasteiger partial charge in [-0.15, -0.1) is 0 Å². The summed E-state index contributed by atoms with van der Waals surface area (Å²) in [6, 6.07) is 4.03. The van der Waals surface area contributed by atoms with Gasteiger partial charge in [-0.25, -0.2) is 14.8 Å². The molecule has 1 atom stereocenters. The van der Waals surface area contributed by atoms with Crippen molar-refractivity contribution in [3.05, 3.63) is 28.3 Å². The van der Waals surface area contributed by atoms with E-state index in [4.69, 9.17) is 19.4 Å². The molecule has 0 bridgehead atoms. The average molecular weight is 387 g/mol. The molecule has 0 aliphatic carbocycles. The van der Waals surface area contributed by atoms with Crippen LogP contribution in [0, 0.1) is 10.1 Å². The zero-order chi connectivity index (χ0) is 19.7. The highest BCUT2D eigenvalue weighted by Crippen LogP contribution is 2.34. The van der Waals surface area contributed by atoms with Gasteiger partial charge >= 0.3 is 5.97 Å². The molecule has 2 saturated heterocycles. The van der Waals surface area contributed by atoms with Gasteiger partial charge in [0.2, 0.25) is 0 Å². The fourth-order valence-corrected chi connectivity index (χ4v) is 3.72. The Kier molecular flexibility index (Phi) is 4.95. The molecule has 10 nitrogen and oxygen atoms in total. The van der Waals surface area contributed by atoms with E-state index in [0.29, 0.717) is 61.9 Å². The van der Waals surface area contributed by atoms with Crippen LogP contribution >= 0.6 is 0 Å². The van der Waals surface area contributed by atoms with E-state index in [2.05, 4.69) is 4.90 Å². The lowest BCUT2D eigenvalue weighted by molar-refractivity contribution is -0.384. The third-order valence-electron chi connectivity index (χ3n) is 5.13. The predicted octanol–water partition coefficient (Wildman–Crippen LogP) is 1.52. The second-order valence-corrected chi connectivity index (χ2v) is 6.77. The van der Waals surface area contributed by atoms with Crippen LogP contribution in [0.25, 0.3) is 11.0 Å². The Hall–Kier alpha value is -3.01. The van der Waals surface area contributed by atoms with Crippen LogP contribution in [0.5, 0.6) is 0 Å². The Morgan fingerprint density at radius 1 is 1.21 bits per heavy atom. The standard InChI is InChI=1S/C18H21N5O5/c1-27-18(24)15-3-2-6-22(15)17-16(21-7-9-28-10-8-21)20-14-11-12(23(25)26)4-5-13(14)19-17/h4-5,11,15H,2-3,6-10H2,1H3. The number of anilines is 2. The molecule has 4 rings (SSSR count). The van der Waals surface area contributed by atoms with Crippen molar-refractivity contribution in [1.29, 1.82) is 0 Å². The molecule has 2 aliphatic heterocycles. The number of aromatic nitrogens is 2. The van der Waals surface area contributed by atoms with Gasteiger partial charge in [-0.3, -0.25) is 10.1 Å². The number of carbonyl (C=O) groups excluding carboxylic acids is 1. The van der Waals surface area contributed by atoms with E-state index >= 15 is 0 Å². The molecule has 0 amide bonds. The first kappa shape index (κ1) is 18.4. The van der Waals surface area contributed by atoms with Crippen LogP contribution in [0.3, 0.4) is 0 Å². The molecule has 10 heteroatoms. The van der Waals surface area contributed by atoms with Crippen LogP contribution < -0.4 is 9.80 Å². The fraction of sp³-hybridized carbons (Fsp3) is 0.500. The van der Waals surface area contributed by atoms with Crippen LogP contribution in [0.2, 0.25) is 0 Å². The third kappa shape index (κ3) is 3.31. The number of non-ortho nitro benzene ring substituents is 1. The molecular weight excluding hydrogens is 366 g/mol. The molecule has 28 heavy (non-hydrogen) atoms. The topological polar surface area (TPSA) is 111 Å². The minimum Gasteiger partial charge on any atom is -0.467 e. The molecule has 0 N–H and O–H groups in total. The quantitative estimate of drug-likeness (QED) is 0.438. The summed E-state index contributed by atoms with van der Waals surface area (Å²) in [7, 11) is 1.38. The Labute approximate surface area is 161 Å². The van der Waals surface area contributed by atoms with Gasteiger partial charge in [0.1, 0.15) is 6.04 Å². The maximum absolute atomic E-state index is 12.2. The summed E-state index contributed by atoms with van der Waals surface area (Å²) in [6.45, 7) is 3.07. The van der Waals surface area contributed by atoms with Crippen molar-refractivity contribution in [2.24, 2.45) is 0 Å². The maximum Gasteiger partial charge on any atom is 0.328 e. The molecule has 1 unspecified atom stereocenters. The average Bonchev–Trinajstić information content (AvgIpc) is 3.22. The highest BCUT2D eigenvalue weighted by atomic mass is 16.6. The highest BCUT2D eigenvalue weighted by Gasteiger charge is 2.35. The van der Waals surface area contributed by atoms with Gasteiger partial charge in [0.15, 0.2) is 11.6 Å². The van der Waals surface area contributed by atoms with E-state index in [9.17, 15) is 14.9 Å². The van der Waals surface area contributed by atoms with Crippen molar-refractivity contribution in [1.82, 2.24) is 9.97 Å². The zero-order valence-corrected chi connectivity index (χ0v) is 15.5. The summed E-state index contributed by atoms with van der Waals surface area (Å²) in [5, 5.41) is 11.1. The van der Waals surface area contributed by atoms with Gasteiger partial charge in [-0.2, -0.15) is 0 Å². The second-order valence-electron chi connectivity index (χ2n) is 6.77. The Morgan fingerprint density at radius 3 is 2.68 bits per heavy atom. The van der Waals surface area contributed by atoms with Crippen molar-refractivity contribution in [2.45, 2.75) is 18.9 Å².